The molecule has 0 radical (unpaired) electrons. The summed E-state index contributed by atoms with van der Waals surface area (Å²) in [6, 6.07) is 0.190. The Balaban J connectivity index is 1.76. The molecule has 0 aromatic carbocycles. The number of fused-ring (bicyclic) bond motifs is 1. The molecule has 11 heteroatoms. The highest BCUT2D eigenvalue weighted by molar-refractivity contribution is 6.74. The Morgan fingerprint density at radius 3 is 2.36 bits per heavy atom. The van der Waals surface area contributed by atoms with Crippen LogP contribution in [0.2, 0.25) is 18.1 Å². The fraction of sp³-hybridized carbons (Fsp3) is 0.786. The largest absolute Gasteiger partial charge is 0.414 e. The van der Waals surface area contributed by atoms with Crippen LogP contribution in [0, 0.1) is 23.2 Å². The van der Waals surface area contributed by atoms with Crippen LogP contribution in [0.25, 0.3) is 11.2 Å². The summed E-state index contributed by atoms with van der Waals surface area (Å²) in [5.74, 6) is 2.66. The lowest BCUT2D eigenvalue weighted by Crippen LogP contribution is -2.41. The number of amidine groups is 1. The number of rotatable bonds is 10. The topological polar surface area (TPSA) is 141 Å². The third kappa shape index (κ3) is 6.63. The molecule has 1 unspecified atom stereocenters. The Kier molecular flexibility index (Phi) is 9.04. The number of aliphatic hydroxyl groups excluding tert-OH is 1. The van der Waals surface area contributed by atoms with Crippen molar-refractivity contribution in [2.45, 2.75) is 116 Å². The zero-order chi connectivity index (χ0) is 28.5. The molecule has 0 bridgehead atoms. The van der Waals surface area contributed by atoms with Crippen LogP contribution in [0.4, 0.5) is 5.82 Å². The van der Waals surface area contributed by atoms with Crippen molar-refractivity contribution < 1.29 is 14.7 Å². The number of hydrogen-bond acceptors (Lipinski definition) is 8. The summed E-state index contributed by atoms with van der Waals surface area (Å²) >= 11 is 0. The van der Waals surface area contributed by atoms with E-state index in [9.17, 15) is 10.3 Å². The van der Waals surface area contributed by atoms with Crippen LogP contribution in [-0.2, 0) is 11.0 Å². The first-order chi connectivity index (χ1) is 18.3. The molecule has 0 spiro atoms. The van der Waals surface area contributed by atoms with E-state index in [1.54, 1.807) is 0 Å². The van der Waals surface area contributed by atoms with E-state index >= 15 is 0 Å². The van der Waals surface area contributed by atoms with Gasteiger partial charge in [0.2, 0.25) is 5.82 Å². The monoisotopic (exact) mass is 559 g/mol. The summed E-state index contributed by atoms with van der Waals surface area (Å²) in [6.07, 6.45) is 7.34. The lowest BCUT2D eigenvalue weighted by atomic mass is 9.80. The predicted molar refractivity (Wildman–Crippen MR) is 157 cm³/mol. The lowest BCUT2D eigenvalue weighted by molar-refractivity contribution is 0.0893. The standard InChI is InChI=1S/C28H49N7O3Si/c1-17-11-13-19(14-12-17)15-35-22-24(30-18(2)20-9-8-10-20)31-26(23(29)34-37)32-25(22)33-27(35)21(36)16-38-39(6,7)28(3,4)5/h17-21,36-37H,8-16H2,1-7H3,(H2,29,34)(H,30,31,32)/t17-,18-,19-,21?/m1/s1. The number of hydroxylamine groups is 1. The van der Waals surface area contributed by atoms with Gasteiger partial charge < -0.3 is 19.4 Å². The molecular weight excluding hydrogens is 510 g/mol. The first-order valence-electron chi connectivity index (χ1n) is 14.7. The second kappa shape index (κ2) is 11.8. The highest BCUT2D eigenvalue weighted by atomic mass is 28.4. The van der Waals surface area contributed by atoms with Crippen molar-refractivity contribution >= 4 is 31.1 Å². The molecule has 2 aromatic rings. The fourth-order valence-corrected chi connectivity index (χ4v) is 6.38. The fourth-order valence-electron chi connectivity index (χ4n) is 5.38. The summed E-state index contributed by atoms with van der Waals surface area (Å²) in [5.41, 5.74) is 3.02. The van der Waals surface area contributed by atoms with Gasteiger partial charge in [-0.1, -0.05) is 47.0 Å². The Morgan fingerprint density at radius 2 is 1.79 bits per heavy atom. The molecule has 2 heterocycles. The summed E-state index contributed by atoms with van der Waals surface area (Å²) in [4.78, 5) is 14.0. The quantitative estimate of drug-likeness (QED) is 0.109. The van der Waals surface area contributed by atoms with E-state index in [0.29, 0.717) is 29.1 Å². The van der Waals surface area contributed by atoms with Gasteiger partial charge in [-0.2, -0.15) is 0 Å². The van der Waals surface area contributed by atoms with Gasteiger partial charge in [-0.25, -0.2) is 20.4 Å². The van der Waals surface area contributed by atoms with Crippen molar-refractivity contribution in [1.29, 1.82) is 5.41 Å². The zero-order valence-corrected chi connectivity index (χ0v) is 25.8. The van der Waals surface area contributed by atoms with Gasteiger partial charge >= 0.3 is 0 Å². The van der Waals surface area contributed by atoms with E-state index in [1.807, 2.05) is 5.48 Å². The number of hydrogen-bond donors (Lipinski definition) is 5. The zero-order valence-electron chi connectivity index (χ0n) is 24.8. The van der Waals surface area contributed by atoms with Crippen molar-refractivity contribution in [1.82, 2.24) is 25.0 Å². The van der Waals surface area contributed by atoms with Crippen molar-refractivity contribution in [2.24, 2.45) is 17.8 Å². The van der Waals surface area contributed by atoms with Crippen LogP contribution in [0.3, 0.4) is 0 Å². The average molecular weight is 560 g/mol. The number of aromatic nitrogens is 4. The first-order valence-corrected chi connectivity index (χ1v) is 17.6. The second-order valence-electron chi connectivity index (χ2n) is 13.5. The molecule has 2 atom stereocenters. The molecular formula is C28H49N7O3Si. The molecule has 0 aliphatic heterocycles. The van der Waals surface area contributed by atoms with E-state index in [-0.39, 0.29) is 29.3 Å². The third-order valence-electron chi connectivity index (χ3n) is 9.47. The van der Waals surface area contributed by atoms with Crippen molar-refractivity contribution in [3.8, 4) is 0 Å². The molecule has 2 aromatic heterocycles. The van der Waals surface area contributed by atoms with Gasteiger partial charge in [-0.05, 0) is 68.5 Å². The van der Waals surface area contributed by atoms with E-state index in [4.69, 9.17) is 14.8 Å². The van der Waals surface area contributed by atoms with Crippen LogP contribution in [0.15, 0.2) is 0 Å². The number of nitrogens with zero attached hydrogens (tertiary/aromatic N) is 4. The molecule has 4 rings (SSSR count). The molecule has 2 aliphatic carbocycles. The Labute approximate surface area is 234 Å². The van der Waals surface area contributed by atoms with Gasteiger partial charge in [0.1, 0.15) is 17.4 Å². The molecule has 2 saturated carbocycles. The SMILES string of the molecule is C[C@@H](Nc1nc(C(=N)NO)nc2nc(C(O)CO[Si](C)(C)C(C)(C)C)n(C[C@H]3CC[C@H](C)CC3)c12)C1CCC1. The van der Waals surface area contributed by atoms with Crippen LogP contribution in [0.5, 0.6) is 0 Å². The minimum absolute atomic E-state index is 0.0262. The van der Waals surface area contributed by atoms with Gasteiger partial charge in [0.05, 0.1) is 6.61 Å². The average Bonchev–Trinajstić information content (AvgIpc) is 3.20. The summed E-state index contributed by atoms with van der Waals surface area (Å²) in [7, 11) is -2.08. The van der Waals surface area contributed by atoms with E-state index in [1.165, 1.54) is 32.1 Å². The maximum Gasteiger partial charge on any atom is 0.201 e. The molecule has 10 nitrogen and oxygen atoms in total. The highest BCUT2D eigenvalue weighted by Gasteiger charge is 2.38. The van der Waals surface area contributed by atoms with Crippen LogP contribution >= 0.6 is 0 Å². The lowest BCUT2D eigenvalue weighted by Gasteiger charge is -2.36. The molecule has 0 amide bonds. The van der Waals surface area contributed by atoms with E-state index in [2.05, 4.69) is 67.6 Å². The van der Waals surface area contributed by atoms with Crippen LogP contribution in [0.1, 0.15) is 97.3 Å². The number of imidazole rings is 1. The summed E-state index contributed by atoms with van der Waals surface area (Å²) in [5, 5.41) is 32.6. The van der Waals surface area contributed by atoms with Crippen molar-refractivity contribution in [3.63, 3.8) is 0 Å². The maximum atomic E-state index is 11.5. The first kappa shape index (κ1) is 29.9. The Hall–Kier alpha value is -2.08. The van der Waals surface area contributed by atoms with Crippen LogP contribution < -0.4 is 10.8 Å². The van der Waals surface area contributed by atoms with Gasteiger partial charge in [-0.15, -0.1) is 0 Å². The molecule has 39 heavy (non-hydrogen) atoms. The van der Waals surface area contributed by atoms with Crippen molar-refractivity contribution in [2.75, 3.05) is 11.9 Å². The third-order valence-corrected chi connectivity index (χ3v) is 14.0. The molecule has 0 saturated heterocycles. The summed E-state index contributed by atoms with van der Waals surface area (Å²) in [6.45, 7) is 16.3. The second-order valence-corrected chi connectivity index (χ2v) is 18.3. The van der Waals surface area contributed by atoms with E-state index < -0.39 is 14.4 Å². The smallest absolute Gasteiger partial charge is 0.201 e. The van der Waals surface area contributed by atoms with Gasteiger partial charge in [0, 0.05) is 12.6 Å². The van der Waals surface area contributed by atoms with Crippen molar-refractivity contribution in [3.05, 3.63) is 11.6 Å². The predicted octanol–water partition coefficient (Wildman–Crippen LogP) is 5.61. The molecule has 2 aliphatic rings. The van der Waals surface area contributed by atoms with Gasteiger partial charge in [0.15, 0.2) is 25.6 Å². The number of aliphatic hydroxyl groups is 1. The minimum Gasteiger partial charge on any atom is -0.414 e. The minimum atomic E-state index is -2.08. The number of nitrogens with one attached hydrogen (secondary N) is 3. The highest BCUT2D eigenvalue weighted by Crippen LogP contribution is 2.38. The number of anilines is 1. The normalized spacial score (nSPS) is 22.4. The summed E-state index contributed by atoms with van der Waals surface area (Å²) < 4.78 is 8.50. The van der Waals surface area contributed by atoms with E-state index in [0.717, 1.165) is 30.8 Å². The Morgan fingerprint density at radius 1 is 1.13 bits per heavy atom. The molecule has 2 fully saturated rings. The van der Waals surface area contributed by atoms with Gasteiger partial charge in [0.25, 0.3) is 0 Å². The maximum absolute atomic E-state index is 11.5. The molecule has 218 valence electrons. The van der Waals surface area contributed by atoms with Gasteiger partial charge in [-0.3, -0.25) is 10.6 Å². The Bertz CT molecular complexity index is 1150. The van der Waals surface area contributed by atoms with Crippen LogP contribution in [-0.4, -0.2) is 56.6 Å². The molecule has 5 N–H and O–H groups in total.